The Morgan fingerprint density at radius 2 is 1.97 bits per heavy atom. The summed E-state index contributed by atoms with van der Waals surface area (Å²) in [6.07, 6.45) is 12.8. The molecular weight excluding hydrogens is 426 g/mol. The van der Waals surface area contributed by atoms with Crippen LogP contribution in [0.3, 0.4) is 0 Å². The zero-order valence-electron chi connectivity index (χ0n) is 20.7. The summed E-state index contributed by atoms with van der Waals surface area (Å²) < 4.78 is 17.0. The highest BCUT2D eigenvalue weighted by molar-refractivity contribution is 5.73. The van der Waals surface area contributed by atoms with Crippen LogP contribution in [0.4, 0.5) is 5.82 Å². The molecule has 2 heterocycles. The number of rotatable bonds is 10. The zero-order valence-corrected chi connectivity index (χ0v) is 20.7. The SMILES string of the molecule is COCCOC1=CC(c2cncc(NCCC3(c4ccccc4)CCOC(C)(C)C3)n2)=CCC1. The summed E-state index contributed by atoms with van der Waals surface area (Å²) >= 11 is 0. The number of ether oxygens (including phenoxy) is 3. The molecule has 1 aromatic heterocycles. The third-order valence-electron chi connectivity index (χ3n) is 6.71. The van der Waals surface area contributed by atoms with Crippen molar-refractivity contribution in [3.05, 3.63) is 71.9 Å². The first-order valence-electron chi connectivity index (χ1n) is 12.3. The van der Waals surface area contributed by atoms with Crippen LogP contribution in [0, 0.1) is 0 Å². The fourth-order valence-corrected chi connectivity index (χ4v) is 5.12. The molecule has 1 N–H and O–H groups in total. The number of benzene rings is 1. The van der Waals surface area contributed by atoms with Gasteiger partial charge in [0.1, 0.15) is 12.4 Å². The maximum atomic E-state index is 6.06. The van der Waals surface area contributed by atoms with Gasteiger partial charge in [-0.2, -0.15) is 0 Å². The second-order valence-electron chi connectivity index (χ2n) is 9.80. The van der Waals surface area contributed by atoms with E-state index in [0.29, 0.717) is 13.2 Å². The number of hydrogen-bond donors (Lipinski definition) is 1. The van der Waals surface area contributed by atoms with Crippen LogP contribution in [-0.2, 0) is 19.6 Å². The molecular formula is C28H37N3O3. The molecule has 1 fully saturated rings. The summed E-state index contributed by atoms with van der Waals surface area (Å²) in [7, 11) is 1.68. The second kappa shape index (κ2) is 11.2. The Hall–Kier alpha value is -2.70. The lowest BCUT2D eigenvalue weighted by molar-refractivity contribution is -0.0835. The van der Waals surface area contributed by atoms with Crippen LogP contribution in [0.25, 0.3) is 5.57 Å². The summed E-state index contributed by atoms with van der Waals surface area (Å²) in [6.45, 7) is 7.16. The van der Waals surface area contributed by atoms with Crippen LogP contribution < -0.4 is 5.32 Å². The van der Waals surface area contributed by atoms with Crippen molar-refractivity contribution < 1.29 is 14.2 Å². The number of anilines is 1. The van der Waals surface area contributed by atoms with Crippen LogP contribution in [0.5, 0.6) is 0 Å². The monoisotopic (exact) mass is 463 g/mol. The predicted octanol–water partition coefficient (Wildman–Crippen LogP) is 5.53. The minimum absolute atomic E-state index is 0.0874. The minimum Gasteiger partial charge on any atom is -0.496 e. The quantitative estimate of drug-likeness (QED) is 0.468. The molecule has 182 valence electrons. The third kappa shape index (κ3) is 6.24. The lowest BCUT2D eigenvalue weighted by Crippen LogP contribution is -2.44. The van der Waals surface area contributed by atoms with Crippen molar-refractivity contribution in [3.8, 4) is 0 Å². The van der Waals surface area contributed by atoms with Gasteiger partial charge in [-0.25, -0.2) is 4.98 Å². The molecule has 1 saturated heterocycles. The van der Waals surface area contributed by atoms with Gasteiger partial charge in [-0.15, -0.1) is 0 Å². The van der Waals surface area contributed by atoms with Crippen molar-refractivity contribution in [1.29, 1.82) is 0 Å². The molecule has 1 aliphatic carbocycles. The molecule has 0 spiro atoms. The topological polar surface area (TPSA) is 65.5 Å². The lowest BCUT2D eigenvalue weighted by Gasteiger charge is -2.45. The molecule has 1 unspecified atom stereocenters. The Balaban J connectivity index is 1.43. The lowest BCUT2D eigenvalue weighted by atomic mass is 9.67. The fourth-order valence-electron chi connectivity index (χ4n) is 5.12. The molecule has 0 amide bonds. The number of aromatic nitrogens is 2. The summed E-state index contributed by atoms with van der Waals surface area (Å²) in [6, 6.07) is 10.9. The van der Waals surface area contributed by atoms with E-state index in [2.05, 4.69) is 66.6 Å². The van der Waals surface area contributed by atoms with Crippen LogP contribution in [0.2, 0.25) is 0 Å². The van der Waals surface area contributed by atoms with Crippen molar-refractivity contribution in [2.45, 2.75) is 57.0 Å². The number of allylic oxidation sites excluding steroid dienone is 4. The van der Waals surface area contributed by atoms with Gasteiger partial charge in [-0.05, 0) is 51.2 Å². The van der Waals surface area contributed by atoms with Crippen molar-refractivity contribution in [2.75, 3.05) is 38.8 Å². The van der Waals surface area contributed by atoms with Crippen molar-refractivity contribution in [2.24, 2.45) is 0 Å². The molecule has 0 radical (unpaired) electrons. The van der Waals surface area contributed by atoms with Gasteiger partial charge in [0.2, 0.25) is 0 Å². The molecule has 0 bridgehead atoms. The van der Waals surface area contributed by atoms with Gasteiger partial charge >= 0.3 is 0 Å². The summed E-state index contributed by atoms with van der Waals surface area (Å²) in [5.41, 5.74) is 3.27. The van der Waals surface area contributed by atoms with E-state index in [9.17, 15) is 0 Å². The predicted molar refractivity (Wildman–Crippen MR) is 136 cm³/mol. The van der Waals surface area contributed by atoms with Crippen LogP contribution >= 0.6 is 0 Å². The van der Waals surface area contributed by atoms with E-state index >= 15 is 0 Å². The van der Waals surface area contributed by atoms with E-state index < -0.39 is 0 Å². The second-order valence-corrected chi connectivity index (χ2v) is 9.80. The number of hydrogen-bond acceptors (Lipinski definition) is 6. The smallest absolute Gasteiger partial charge is 0.145 e. The molecule has 4 rings (SSSR count). The van der Waals surface area contributed by atoms with E-state index in [1.807, 2.05) is 6.20 Å². The van der Waals surface area contributed by atoms with Gasteiger partial charge in [-0.3, -0.25) is 4.98 Å². The molecule has 2 aliphatic rings. The van der Waals surface area contributed by atoms with E-state index in [1.54, 1.807) is 13.3 Å². The summed E-state index contributed by atoms with van der Waals surface area (Å²) in [5, 5.41) is 3.54. The van der Waals surface area contributed by atoms with Gasteiger partial charge in [-0.1, -0.05) is 36.4 Å². The first-order valence-corrected chi connectivity index (χ1v) is 12.3. The molecule has 1 aromatic carbocycles. The standard InChI is InChI=1S/C28H37N3O3/c1-27(2)21-28(13-15-34-27,23-9-5-4-6-10-23)12-14-30-26-20-29-19-25(31-26)22-8-7-11-24(18-22)33-17-16-32-3/h4-6,8-10,18-20H,7,11-17,21H2,1-3H3,(H,30,31). The Labute approximate surface area is 203 Å². The molecule has 6 nitrogen and oxygen atoms in total. The Morgan fingerprint density at radius 3 is 2.76 bits per heavy atom. The van der Waals surface area contributed by atoms with Crippen molar-refractivity contribution >= 4 is 11.4 Å². The van der Waals surface area contributed by atoms with Crippen molar-refractivity contribution in [3.63, 3.8) is 0 Å². The van der Waals surface area contributed by atoms with Crippen LogP contribution in [0.15, 0.2) is 60.6 Å². The number of methoxy groups -OCH3 is 1. The molecule has 6 heteroatoms. The summed E-state index contributed by atoms with van der Waals surface area (Å²) in [4.78, 5) is 9.29. The minimum atomic E-state index is -0.128. The molecule has 2 aromatic rings. The molecule has 1 aliphatic heterocycles. The third-order valence-corrected chi connectivity index (χ3v) is 6.71. The Kier molecular flexibility index (Phi) is 8.01. The summed E-state index contributed by atoms with van der Waals surface area (Å²) in [5.74, 6) is 1.77. The van der Waals surface area contributed by atoms with Crippen LogP contribution in [-0.4, -0.2) is 49.0 Å². The first-order chi connectivity index (χ1) is 16.5. The average Bonchev–Trinajstić information content (AvgIpc) is 2.85. The van der Waals surface area contributed by atoms with Gasteiger partial charge in [0.05, 0.1) is 36.1 Å². The Bertz CT molecular complexity index is 1000. The van der Waals surface area contributed by atoms with Crippen LogP contribution in [0.1, 0.15) is 57.2 Å². The van der Waals surface area contributed by atoms with Gasteiger partial charge in [0, 0.05) is 37.7 Å². The van der Waals surface area contributed by atoms with E-state index in [4.69, 9.17) is 19.2 Å². The normalized spacial score (nSPS) is 22.0. The fraction of sp³-hybridized carbons (Fsp3) is 0.500. The highest BCUT2D eigenvalue weighted by atomic mass is 16.5. The molecule has 1 atom stereocenters. The maximum Gasteiger partial charge on any atom is 0.145 e. The number of nitrogens with zero attached hydrogens (tertiary/aromatic N) is 2. The highest BCUT2D eigenvalue weighted by Gasteiger charge is 2.41. The highest BCUT2D eigenvalue weighted by Crippen LogP contribution is 2.43. The number of nitrogens with one attached hydrogen (secondary N) is 1. The average molecular weight is 464 g/mol. The van der Waals surface area contributed by atoms with Gasteiger partial charge < -0.3 is 19.5 Å². The van der Waals surface area contributed by atoms with E-state index in [0.717, 1.165) is 68.1 Å². The van der Waals surface area contributed by atoms with Crippen molar-refractivity contribution in [1.82, 2.24) is 9.97 Å². The van der Waals surface area contributed by atoms with E-state index in [-0.39, 0.29) is 11.0 Å². The van der Waals surface area contributed by atoms with Gasteiger partial charge in [0.25, 0.3) is 0 Å². The first kappa shape index (κ1) is 24.4. The zero-order chi connectivity index (χ0) is 23.9. The molecule has 0 saturated carbocycles. The Morgan fingerprint density at radius 1 is 1.12 bits per heavy atom. The largest absolute Gasteiger partial charge is 0.496 e. The molecule has 34 heavy (non-hydrogen) atoms. The maximum absolute atomic E-state index is 6.06. The van der Waals surface area contributed by atoms with Gasteiger partial charge in [0.15, 0.2) is 0 Å². The van der Waals surface area contributed by atoms with E-state index in [1.165, 1.54) is 5.56 Å².